The van der Waals surface area contributed by atoms with E-state index in [2.05, 4.69) is 0 Å². The van der Waals surface area contributed by atoms with Crippen LogP contribution in [0.15, 0.2) is 0 Å². The molecule has 0 aromatic rings. The van der Waals surface area contributed by atoms with E-state index in [1.807, 2.05) is 13.8 Å². The summed E-state index contributed by atoms with van der Waals surface area (Å²) in [7, 11) is 0. The van der Waals surface area contributed by atoms with Crippen molar-refractivity contribution in [1.82, 2.24) is 0 Å². The summed E-state index contributed by atoms with van der Waals surface area (Å²) in [5.74, 6) is -2.75. The van der Waals surface area contributed by atoms with E-state index >= 15 is 0 Å². The molecule has 0 radical (unpaired) electrons. The molecule has 0 amide bonds. The van der Waals surface area contributed by atoms with Crippen molar-refractivity contribution in [1.29, 1.82) is 0 Å². The first kappa shape index (κ1) is 19.7. The third-order valence-corrected chi connectivity index (χ3v) is 2.03. The predicted octanol–water partition coefficient (Wildman–Crippen LogP) is -0.292. The minimum Gasteiger partial charge on any atom is -0.481 e. The monoisotopic (exact) mass is 278 g/mol. The van der Waals surface area contributed by atoms with Gasteiger partial charge in [0.1, 0.15) is 12.1 Å². The van der Waals surface area contributed by atoms with Gasteiger partial charge in [0.2, 0.25) is 0 Å². The summed E-state index contributed by atoms with van der Waals surface area (Å²) in [5.41, 5.74) is 10.2. The van der Waals surface area contributed by atoms with E-state index < -0.39 is 30.0 Å². The van der Waals surface area contributed by atoms with Crippen molar-refractivity contribution in [2.75, 3.05) is 0 Å². The Kier molecular flexibility index (Phi) is 10.6. The maximum Gasteiger partial charge on any atom is 0.320 e. The number of hydrogen-bond acceptors (Lipinski definition) is 5. The van der Waals surface area contributed by atoms with E-state index in [9.17, 15) is 14.4 Å². The molecule has 0 rings (SSSR count). The molecule has 0 aromatic carbocycles. The molecule has 0 heterocycles. The number of rotatable bonds is 7. The fraction of sp³-hybridized carbons (Fsp3) is 0.727. The number of hydrogen-bond donors (Lipinski definition) is 5. The predicted molar refractivity (Wildman–Crippen MR) is 67.5 cm³/mol. The highest BCUT2D eigenvalue weighted by molar-refractivity contribution is 5.74. The Balaban J connectivity index is 0. The lowest BCUT2D eigenvalue weighted by Crippen LogP contribution is -2.31. The first-order valence-corrected chi connectivity index (χ1v) is 5.76. The van der Waals surface area contributed by atoms with Crippen LogP contribution in [0.1, 0.15) is 33.1 Å². The maximum absolute atomic E-state index is 10.1. The Labute approximate surface area is 111 Å². The van der Waals surface area contributed by atoms with Crippen molar-refractivity contribution in [3.8, 4) is 0 Å². The van der Waals surface area contributed by atoms with Gasteiger partial charge in [-0.05, 0) is 18.8 Å². The quantitative estimate of drug-likeness (QED) is 0.423. The van der Waals surface area contributed by atoms with Gasteiger partial charge in [-0.1, -0.05) is 13.8 Å². The Hall–Kier alpha value is -1.67. The van der Waals surface area contributed by atoms with Crippen LogP contribution in [0.5, 0.6) is 0 Å². The molecule has 0 spiro atoms. The van der Waals surface area contributed by atoms with E-state index in [1.54, 1.807) is 0 Å². The van der Waals surface area contributed by atoms with E-state index in [1.165, 1.54) is 0 Å². The van der Waals surface area contributed by atoms with Crippen LogP contribution in [0.25, 0.3) is 0 Å². The van der Waals surface area contributed by atoms with Crippen molar-refractivity contribution in [2.45, 2.75) is 45.2 Å². The van der Waals surface area contributed by atoms with Gasteiger partial charge >= 0.3 is 17.9 Å². The van der Waals surface area contributed by atoms with Crippen LogP contribution >= 0.6 is 0 Å². The Morgan fingerprint density at radius 1 is 0.947 bits per heavy atom. The third-order valence-electron chi connectivity index (χ3n) is 2.03. The van der Waals surface area contributed by atoms with E-state index in [-0.39, 0.29) is 12.8 Å². The summed E-state index contributed by atoms with van der Waals surface area (Å²) < 4.78 is 0. The molecule has 7 N–H and O–H groups in total. The number of carbonyl (C=O) groups is 3. The lowest BCUT2D eigenvalue weighted by atomic mass is 10.1. The zero-order valence-electron chi connectivity index (χ0n) is 11.1. The first-order chi connectivity index (χ1) is 8.57. The molecule has 0 aliphatic heterocycles. The Morgan fingerprint density at radius 3 is 1.58 bits per heavy atom. The van der Waals surface area contributed by atoms with Gasteiger partial charge < -0.3 is 26.8 Å². The molecule has 8 nitrogen and oxygen atoms in total. The van der Waals surface area contributed by atoms with Gasteiger partial charge in [-0.3, -0.25) is 14.4 Å². The fourth-order valence-corrected chi connectivity index (χ4v) is 1.01. The molecule has 112 valence electrons. The molecule has 0 bridgehead atoms. The molecule has 0 aliphatic rings. The lowest BCUT2D eigenvalue weighted by molar-refractivity contribution is -0.140. The van der Waals surface area contributed by atoms with Crippen LogP contribution in [0.2, 0.25) is 0 Å². The zero-order valence-corrected chi connectivity index (χ0v) is 11.1. The van der Waals surface area contributed by atoms with Gasteiger partial charge in [-0.25, -0.2) is 0 Å². The molecule has 0 aliphatic carbocycles. The standard InChI is InChI=1S/C6H13NO2.C5H9NO4/c1-4(2)3-5(7)6(8)9;6-3(5(9)10)1-2-4(7)8/h4-5H,3,7H2,1-2H3,(H,8,9);3H,1-2,6H2,(H,7,8)(H,9,10)/t;3-/m.0/s1. The summed E-state index contributed by atoms with van der Waals surface area (Å²) in [4.78, 5) is 30.0. The van der Waals surface area contributed by atoms with E-state index in [0.29, 0.717) is 12.3 Å². The number of carboxylic acid groups (broad SMARTS) is 3. The molecule has 0 fully saturated rings. The number of aliphatic carboxylic acids is 3. The zero-order chi connectivity index (χ0) is 15.6. The van der Waals surface area contributed by atoms with Crippen molar-refractivity contribution >= 4 is 17.9 Å². The second kappa shape index (κ2) is 10.3. The van der Waals surface area contributed by atoms with Crippen LogP contribution in [0.4, 0.5) is 0 Å². The van der Waals surface area contributed by atoms with Gasteiger partial charge in [0.15, 0.2) is 0 Å². The van der Waals surface area contributed by atoms with Gasteiger partial charge in [0, 0.05) is 6.42 Å². The largest absolute Gasteiger partial charge is 0.481 e. The average molecular weight is 278 g/mol. The van der Waals surface area contributed by atoms with Crippen molar-refractivity contribution in [3.63, 3.8) is 0 Å². The lowest BCUT2D eigenvalue weighted by Gasteiger charge is -2.07. The van der Waals surface area contributed by atoms with Crippen LogP contribution in [-0.2, 0) is 14.4 Å². The fourth-order valence-electron chi connectivity index (χ4n) is 1.01. The maximum atomic E-state index is 10.1. The molecular formula is C11H22N2O6. The van der Waals surface area contributed by atoms with Gasteiger partial charge in [0.25, 0.3) is 0 Å². The normalized spacial score (nSPS) is 13.1. The van der Waals surface area contributed by atoms with Crippen LogP contribution in [-0.4, -0.2) is 45.3 Å². The highest BCUT2D eigenvalue weighted by Gasteiger charge is 2.12. The molecule has 8 heteroatoms. The molecule has 2 atom stereocenters. The Bertz CT molecular complexity index is 306. The van der Waals surface area contributed by atoms with Crippen molar-refractivity contribution in [2.24, 2.45) is 17.4 Å². The van der Waals surface area contributed by atoms with E-state index in [4.69, 9.17) is 26.8 Å². The van der Waals surface area contributed by atoms with Gasteiger partial charge in [-0.2, -0.15) is 0 Å². The molecule has 19 heavy (non-hydrogen) atoms. The molecule has 0 saturated carbocycles. The minimum atomic E-state index is -1.17. The van der Waals surface area contributed by atoms with Crippen molar-refractivity contribution in [3.05, 3.63) is 0 Å². The summed E-state index contributed by atoms with van der Waals surface area (Å²) in [6.45, 7) is 3.89. The third kappa shape index (κ3) is 14.3. The van der Waals surface area contributed by atoms with Crippen LogP contribution < -0.4 is 11.5 Å². The molecule has 1 unspecified atom stereocenters. The SMILES string of the molecule is CC(C)CC(N)C(=O)O.N[C@@H](CCC(=O)O)C(=O)O. The number of nitrogens with two attached hydrogens (primary N) is 2. The second-order valence-electron chi connectivity index (χ2n) is 4.45. The highest BCUT2D eigenvalue weighted by Crippen LogP contribution is 2.01. The van der Waals surface area contributed by atoms with Crippen LogP contribution in [0.3, 0.4) is 0 Å². The average Bonchev–Trinajstić information content (AvgIpc) is 2.25. The van der Waals surface area contributed by atoms with Crippen LogP contribution in [0, 0.1) is 5.92 Å². The van der Waals surface area contributed by atoms with Gasteiger partial charge in [0.05, 0.1) is 0 Å². The smallest absolute Gasteiger partial charge is 0.320 e. The summed E-state index contributed by atoms with van der Waals surface area (Å²) >= 11 is 0. The number of carboxylic acids is 3. The summed E-state index contributed by atoms with van der Waals surface area (Å²) in [5, 5.41) is 24.6. The van der Waals surface area contributed by atoms with Gasteiger partial charge in [-0.15, -0.1) is 0 Å². The minimum absolute atomic E-state index is 0.0231. The molecule has 0 saturated heterocycles. The summed E-state index contributed by atoms with van der Waals surface area (Å²) in [6.07, 6.45) is 0.327. The second-order valence-corrected chi connectivity index (χ2v) is 4.45. The molecular weight excluding hydrogens is 256 g/mol. The summed E-state index contributed by atoms with van der Waals surface area (Å²) in [6, 6.07) is -1.75. The highest BCUT2D eigenvalue weighted by atomic mass is 16.4. The topological polar surface area (TPSA) is 164 Å². The Morgan fingerprint density at radius 2 is 1.37 bits per heavy atom. The first-order valence-electron chi connectivity index (χ1n) is 5.76. The van der Waals surface area contributed by atoms with E-state index in [0.717, 1.165) is 0 Å². The molecule has 0 aromatic heterocycles. The van der Waals surface area contributed by atoms with Crippen molar-refractivity contribution < 1.29 is 29.7 Å².